The molecule has 0 saturated carbocycles. The first-order valence-corrected chi connectivity index (χ1v) is 8.85. The van der Waals surface area contributed by atoms with Crippen LogP contribution in [0.2, 0.25) is 0 Å². The predicted octanol–water partition coefficient (Wildman–Crippen LogP) is 3.41. The third kappa shape index (κ3) is 2.77. The highest BCUT2D eigenvalue weighted by molar-refractivity contribution is 6.01. The Bertz CT molecular complexity index is 822. The highest BCUT2D eigenvalue weighted by Gasteiger charge is 2.43. The van der Waals surface area contributed by atoms with E-state index in [9.17, 15) is 4.79 Å². The molecule has 5 nitrogen and oxygen atoms in total. The molecule has 0 atom stereocenters. The summed E-state index contributed by atoms with van der Waals surface area (Å²) in [5.74, 6) is 1.89. The van der Waals surface area contributed by atoms with Gasteiger partial charge in [-0.25, -0.2) is 0 Å². The molecule has 1 aromatic heterocycles. The number of ether oxygens (including phenoxy) is 1. The molecule has 25 heavy (non-hydrogen) atoms. The number of Topliss-reactive ketones (excluding diaryl/α,β-unsaturated/α-hetero) is 1. The van der Waals surface area contributed by atoms with Crippen molar-refractivity contribution in [3.63, 3.8) is 0 Å². The number of piperidine rings is 1. The second kappa shape index (κ2) is 5.83. The van der Waals surface area contributed by atoms with Crippen molar-refractivity contribution in [2.45, 2.75) is 45.6 Å². The van der Waals surface area contributed by atoms with Gasteiger partial charge >= 0.3 is 0 Å². The first-order valence-electron chi connectivity index (χ1n) is 8.85. The van der Waals surface area contributed by atoms with Crippen LogP contribution in [0.1, 0.15) is 46.4 Å². The number of benzene rings is 1. The van der Waals surface area contributed by atoms with Crippen LogP contribution in [0.4, 0.5) is 5.82 Å². The van der Waals surface area contributed by atoms with Gasteiger partial charge in [0, 0.05) is 25.9 Å². The molecular weight excluding hydrogens is 314 g/mol. The molecule has 0 unspecified atom stereocenters. The second-order valence-corrected chi connectivity index (χ2v) is 7.29. The van der Waals surface area contributed by atoms with Crippen molar-refractivity contribution in [1.82, 2.24) is 10.2 Å². The molecule has 1 spiro atoms. The van der Waals surface area contributed by atoms with E-state index >= 15 is 0 Å². The molecule has 0 radical (unpaired) electrons. The van der Waals surface area contributed by atoms with Gasteiger partial charge in [-0.2, -0.15) is 5.10 Å². The fourth-order valence-electron chi connectivity index (χ4n) is 3.76. The summed E-state index contributed by atoms with van der Waals surface area (Å²) in [6.45, 7) is 7.68. The number of hydrogen-bond donors (Lipinski definition) is 0. The lowest BCUT2D eigenvalue weighted by molar-refractivity contribution is 0.0224. The van der Waals surface area contributed by atoms with E-state index in [4.69, 9.17) is 4.74 Å². The summed E-state index contributed by atoms with van der Waals surface area (Å²) in [5.41, 5.74) is 3.52. The number of aryl methyl sites for hydroxylation is 2. The summed E-state index contributed by atoms with van der Waals surface area (Å²) in [6.07, 6.45) is 2.11. The molecule has 1 saturated heterocycles. The number of nitrogens with zero attached hydrogens (tertiary/aromatic N) is 3. The third-order valence-electron chi connectivity index (χ3n) is 5.56. The summed E-state index contributed by atoms with van der Waals surface area (Å²) < 4.78 is 6.46. The molecule has 0 aliphatic carbocycles. The van der Waals surface area contributed by atoms with Gasteiger partial charge in [-0.05, 0) is 50.1 Å². The van der Waals surface area contributed by atoms with Crippen LogP contribution in [0.25, 0.3) is 0 Å². The molecular formula is C20H23N3O2. The van der Waals surface area contributed by atoms with E-state index < -0.39 is 0 Å². The van der Waals surface area contributed by atoms with E-state index in [1.165, 1.54) is 0 Å². The Balaban J connectivity index is 1.56. The first kappa shape index (κ1) is 16.1. The number of carbonyl (C=O) groups excluding carboxylic acids is 1. The van der Waals surface area contributed by atoms with Crippen LogP contribution < -0.4 is 9.64 Å². The van der Waals surface area contributed by atoms with Gasteiger partial charge in [0.1, 0.15) is 11.4 Å². The van der Waals surface area contributed by atoms with Gasteiger partial charge in [0.2, 0.25) is 0 Å². The molecule has 2 aliphatic rings. The average molecular weight is 337 g/mol. The number of aromatic nitrogens is 2. The quantitative estimate of drug-likeness (QED) is 0.798. The zero-order valence-corrected chi connectivity index (χ0v) is 15.0. The number of rotatable bonds is 1. The summed E-state index contributed by atoms with van der Waals surface area (Å²) in [4.78, 5) is 14.9. The molecule has 3 heterocycles. The number of carbonyl (C=O) groups is 1. The smallest absolute Gasteiger partial charge is 0.170 e. The van der Waals surface area contributed by atoms with E-state index in [1.54, 1.807) is 0 Å². The zero-order valence-electron chi connectivity index (χ0n) is 15.0. The summed E-state index contributed by atoms with van der Waals surface area (Å²) >= 11 is 0. The molecule has 0 amide bonds. The lowest BCUT2D eigenvalue weighted by Gasteiger charge is -2.44. The molecule has 0 N–H and O–H groups in total. The normalized spacial score (nSPS) is 18.8. The molecule has 2 aromatic rings. The minimum Gasteiger partial charge on any atom is -0.486 e. The highest BCUT2D eigenvalue weighted by atomic mass is 16.5. The van der Waals surface area contributed by atoms with Gasteiger partial charge in [0.25, 0.3) is 0 Å². The van der Waals surface area contributed by atoms with Crippen molar-refractivity contribution in [3.8, 4) is 5.75 Å². The van der Waals surface area contributed by atoms with E-state index in [1.807, 2.05) is 38.1 Å². The van der Waals surface area contributed by atoms with Crippen molar-refractivity contribution >= 4 is 11.6 Å². The fraction of sp³-hybridized carbons (Fsp3) is 0.450. The zero-order chi connectivity index (χ0) is 17.6. The number of ketones is 1. The van der Waals surface area contributed by atoms with Crippen LogP contribution in [0.15, 0.2) is 24.3 Å². The Labute approximate surface area is 148 Å². The highest BCUT2D eigenvalue weighted by Crippen LogP contribution is 2.42. The van der Waals surface area contributed by atoms with Gasteiger partial charge in [-0.3, -0.25) is 4.79 Å². The van der Waals surface area contributed by atoms with Gasteiger partial charge in [0.05, 0.1) is 17.7 Å². The first-order chi connectivity index (χ1) is 12.0. The fourth-order valence-corrected chi connectivity index (χ4v) is 3.76. The Morgan fingerprint density at radius 1 is 1.04 bits per heavy atom. The molecule has 5 heteroatoms. The second-order valence-electron chi connectivity index (χ2n) is 7.29. The van der Waals surface area contributed by atoms with E-state index in [0.29, 0.717) is 6.42 Å². The van der Waals surface area contributed by atoms with Crippen LogP contribution in [0, 0.1) is 20.8 Å². The lowest BCUT2D eigenvalue weighted by atomic mass is 9.81. The number of fused-ring (bicyclic) bond motifs is 1. The van der Waals surface area contributed by atoms with Crippen molar-refractivity contribution in [2.75, 3.05) is 18.0 Å². The van der Waals surface area contributed by atoms with Crippen LogP contribution in [-0.2, 0) is 0 Å². The minimum absolute atomic E-state index is 0.202. The summed E-state index contributed by atoms with van der Waals surface area (Å²) in [6, 6.07) is 7.90. The number of anilines is 1. The van der Waals surface area contributed by atoms with Gasteiger partial charge in [-0.1, -0.05) is 6.07 Å². The van der Waals surface area contributed by atoms with E-state index in [0.717, 1.165) is 59.9 Å². The van der Waals surface area contributed by atoms with Crippen molar-refractivity contribution in [1.29, 1.82) is 0 Å². The standard InChI is InChI=1S/C20H23N3O2/c1-13-4-6-16-17(24)12-20(25-19(16)15(13)3)8-10-23(11-9-20)18-7-5-14(2)21-22-18/h4-7H,8-12H2,1-3H3. The van der Waals surface area contributed by atoms with Gasteiger partial charge in [0.15, 0.2) is 11.6 Å². The maximum atomic E-state index is 12.7. The Kier molecular flexibility index (Phi) is 3.74. The van der Waals surface area contributed by atoms with E-state index in [2.05, 4.69) is 22.0 Å². The van der Waals surface area contributed by atoms with Crippen molar-refractivity contribution in [2.24, 2.45) is 0 Å². The molecule has 0 bridgehead atoms. The summed E-state index contributed by atoms with van der Waals surface area (Å²) in [5, 5.41) is 8.42. The molecule has 130 valence electrons. The van der Waals surface area contributed by atoms with Crippen LogP contribution in [0.3, 0.4) is 0 Å². The Morgan fingerprint density at radius 2 is 1.80 bits per heavy atom. The van der Waals surface area contributed by atoms with Gasteiger partial charge in [-0.15, -0.1) is 5.10 Å². The monoisotopic (exact) mass is 337 g/mol. The maximum Gasteiger partial charge on any atom is 0.170 e. The van der Waals surface area contributed by atoms with Crippen molar-refractivity contribution in [3.05, 3.63) is 46.6 Å². The predicted molar refractivity (Wildman–Crippen MR) is 96.4 cm³/mol. The Hall–Kier alpha value is -2.43. The van der Waals surface area contributed by atoms with Crippen molar-refractivity contribution < 1.29 is 9.53 Å². The molecule has 4 rings (SSSR count). The Morgan fingerprint density at radius 3 is 2.48 bits per heavy atom. The van der Waals surface area contributed by atoms with Crippen LogP contribution in [0.5, 0.6) is 5.75 Å². The van der Waals surface area contributed by atoms with Crippen LogP contribution in [-0.4, -0.2) is 34.7 Å². The lowest BCUT2D eigenvalue weighted by Crippen LogP contribution is -2.51. The topological polar surface area (TPSA) is 55.3 Å². The molecule has 1 fully saturated rings. The summed E-state index contributed by atoms with van der Waals surface area (Å²) in [7, 11) is 0. The average Bonchev–Trinajstić information content (AvgIpc) is 2.60. The largest absolute Gasteiger partial charge is 0.486 e. The minimum atomic E-state index is -0.378. The van der Waals surface area contributed by atoms with E-state index in [-0.39, 0.29) is 11.4 Å². The third-order valence-corrected chi connectivity index (χ3v) is 5.56. The molecule has 1 aromatic carbocycles. The van der Waals surface area contributed by atoms with Gasteiger partial charge < -0.3 is 9.64 Å². The maximum absolute atomic E-state index is 12.7. The number of hydrogen-bond acceptors (Lipinski definition) is 5. The SMILES string of the molecule is Cc1ccc(N2CCC3(CC2)CC(=O)c2ccc(C)c(C)c2O3)nn1. The molecule has 2 aliphatic heterocycles. The van der Waals surface area contributed by atoms with Crippen LogP contribution >= 0.6 is 0 Å².